The summed E-state index contributed by atoms with van der Waals surface area (Å²) in [6.07, 6.45) is 7.53. The van der Waals surface area contributed by atoms with Gasteiger partial charge in [0.1, 0.15) is 39.1 Å². The molecule has 304 valence electrons. The number of hydrogen-bond acceptors (Lipinski definition) is 13. The van der Waals surface area contributed by atoms with Gasteiger partial charge in [-0.2, -0.15) is 0 Å². The van der Waals surface area contributed by atoms with Crippen molar-refractivity contribution in [2.45, 2.75) is 116 Å². The zero-order valence-corrected chi connectivity index (χ0v) is 34.8. The molecule has 2 aromatic rings. The highest BCUT2D eigenvalue weighted by atomic mass is 32.2. The van der Waals surface area contributed by atoms with Gasteiger partial charge in [0.25, 0.3) is 0 Å². The summed E-state index contributed by atoms with van der Waals surface area (Å²) < 4.78 is 22.2. The summed E-state index contributed by atoms with van der Waals surface area (Å²) in [5, 5.41) is 7.16. The molecular formula is C41H54N4O9S2. The fraction of sp³-hybridized carbons (Fsp3) is 0.585. The lowest BCUT2D eigenvalue weighted by Crippen LogP contribution is -2.45. The Labute approximate surface area is 336 Å². The maximum absolute atomic E-state index is 13.0. The summed E-state index contributed by atoms with van der Waals surface area (Å²) in [6.45, 7) is 16.0. The second-order valence-electron chi connectivity index (χ2n) is 15.5. The molecule has 4 aliphatic rings. The summed E-state index contributed by atoms with van der Waals surface area (Å²) in [4.78, 5) is 70.3. The number of amides is 2. The maximum Gasteiger partial charge on any atom is 0.339 e. The number of carbonyl (C=O) groups excluding carboxylic acids is 3. The Kier molecular flexibility index (Phi) is 14.5. The normalized spacial score (nSPS) is 22.5. The average Bonchev–Trinajstić information content (AvgIpc) is 4.08. The monoisotopic (exact) mass is 810 g/mol. The molecule has 2 aromatic heterocycles. The Morgan fingerprint density at radius 2 is 1.18 bits per heavy atom. The molecule has 2 aliphatic carbocycles. The van der Waals surface area contributed by atoms with Crippen LogP contribution in [0.3, 0.4) is 0 Å². The molecule has 2 N–H and O–H groups in total. The third-order valence-electron chi connectivity index (χ3n) is 9.66. The van der Waals surface area contributed by atoms with Crippen LogP contribution in [0, 0.1) is 11.8 Å². The summed E-state index contributed by atoms with van der Waals surface area (Å²) in [5.74, 6) is 3.27. The van der Waals surface area contributed by atoms with Crippen LogP contribution < -0.4 is 31.4 Å². The molecule has 2 aliphatic heterocycles. The van der Waals surface area contributed by atoms with Crippen LogP contribution in [0.5, 0.6) is 11.5 Å². The van der Waals surface area contributed by atoms with Gasteiger partial charge in [0.15, 0.2) is 5.78 Å². The van der Waals surface area contributed by atoms with Crippen LogP contribution in [-0.4, -0.2) is 63.5 Å². The van der Waals surface area contributed by atoms with Crippen LogP contribution in [0.4, 0.5) is 0 Å². The molecule has 4 heterocycles. The van der Waals surface area contributed by atoms with Crippen LogP contribution in [0.15, 0.2) is 64.8 Å². The highest BCUT2D eigenvalue weighted by molar-refractivity contribution is 8.16. The van der Waals surface area contributed by atoms with Gasteiger partial charge in [-0.15, -0.1) is 23.5 Å². The van der Waals surface area contributed by atoms with Gasteiger partial charge in [0, 0.05) is 30.6 Å². The van der Waals surface area contributed by atoms with E-state index in [1.165, 1.54) is 55.4 Å². The van der Waals surface area contributed by atoms with Crippen molar-refractivity contribution in [2.24, 2.45) is 21.8 Å². The van der Waals surface area contributed by atoms with Gasteiger partial charge in [0.2, 0.25) is 11.8 Å². The molecule has 0 radical (unpaired) electrons. The lowest BCUT2D eigenvalue weighted by Gasteiger charge is -2.24. The molecular weight excluding hydrogens is 757 g/mol. The van der Waals surface area contributed by atoms with Gasteiger partial charge in [-0.3, -0.25) is 24.4 Å². The topological polar surface area (TPSA) is 179 Å². The van der Waals surface area contributed by atoms with E-state index in [1.54, 1.807) is 19.1 Å². The molecule has 13 nitrogen and oxygen atoms in total. The quantitative estimate of drug-likeness (QED) is 0.163. The van der Waals surface area contributed by atoms with E-state index in [4.69, 9.17) is 18.3 Å². The minimum atomic E-state index is -1.02. The van der Waals surface area contributed by atoms with Crippen molar-refractivity contribution in [3.8, 4) is 11.5 Å². The van der Waals surface area contributed by atoms with Crippen molar-refractivity contribution < 1.29 is 32.7 Å². The van der Waals surface area contributed by atoms with Crippen molar-refractivity contribution in [1.82, 2.24) is 10.6 Å². The van der Waals surface area contributed by atoms with E-state index in [9.17, 15) is 24.0 Å². The first-order valence-electron chi connectivity index (χ1n) is 19.4. The van der Waals surface area contributed by atoms with Crippen molar-refractivity contribution in [1.29, 1.82) is 0 Å². The molecule has 0 aromatic carbocycles. The highest BCUT2D eigenvalue weighted by Crippen LogP contribution is 2.34. The minimum Gasteiger partial charge on any atom is -0.493 e. The molecule has 0 unspecified atom stereocenters. The summed E-state index contributed by atoms with van der Waals surface area (Å²) in [7, 11) is 0. The molecule has 15 heteroatoms. The molecule has 2 amide bonds. The summed E-state index contributed by atoms with van der Waals surface area (Å²) in [5.41, 5.74) is -1.98. The fourth-order valence-electron chi connectivity index (χ4n) is 5.86. The van der Waals surface area contributed by atoms with E-state index in [0.717, 1.165) is 36.3 Å². The van der Waals surface area contributed by atoms with Gasteiger partial charge < -0.3 is 28.9 Å². The summed E-state index contributed by atoms with van der Waals surface area (Å²) in [6, 6.07) is 5.22. The van der Waals surface area contributed by atoms with Crippen molar-refractivity contribution in [3.05, 3.63) is 68.8 Å². The Morgan fingerprint density at radius 3 is 1.52 bits per heavy atom. The molecule has 0 spiro atoms. The molecule has 56 heavy (non-hydrogen) atoms. The number of aliphatic imine (C=N–C) groups is 2. The predicted octanol–water partition coefficient (Wildman–Crippen LogP) is 6.75. The van der Waals surface area contributed by atoms with E-state index in [-0.39, 0.29) is 17.6 Å². The van der Waals surface area contributed by atoms with E-state index >= 15 is 0 Å². The van der Waals surface area contributed by atoms with Crippen molar-refractivity contribution >= 4 is 51.2 Å². The van der Waals surface area contributed by atoms with Crippen molar-refractivity contribution in [2.75, 3.05) is 24.7 Å². The number of carbonyl (C=O) groups is 3. The Balaban J connectivity index is 0.000000214. The maximum atomic E-state index is 13.0. The average molecular weight is 811 g/mol. The molecule has 2 fully saturated rings. The van der Waals surface area contributed by atoms with Crippen molar-refractivity contribution in [3.63, 3.8) is 0 Å². The standard InChI is InChI=1S/C21H28N2O4S.C20H26N2O5S/c1-5-6-16(22-20(25)21(4)12-28-19(23-21)13(2)3)17-9-15(10-18(24)27-17)26-11-14-7-8-14;1-4-5-15(21-19(25)20(3)11-28-18(22-20)12(2)23)16-8-14(9-17(24)27-16)26-10-13-6-7-13/h9-10,14,16H,2,5-8,11-12H2,1,3-4H3,(H,22,25);8-9,13,15H,4-7,10-11H2,1-3H3,(H,21,25)/t16-,21+;15-,20+/m11/s1. The zero-order valence-electron chi connectivity index (χ0n) is 33.2. The number of nitrogens with one attached hydrogen (secondary N) is 2. The first-order chi connectivity index (χ1) is 26.6. The number of thioether (sulfide) groups is 2. The largest absolute Gasteiger partial charge is 0.493 e. The van der Waals surface area contributed by atoms with E-state index in [2.05, 4.69) is 27.2 Å². The molecule has 0 saturated heterocycles. The molecule has 6 rings (SSSR count). The first kappa shape index (κ1) is 43.0. The van der Waals surface area contributed by atoms with Crippen LogP contribution >= 0.6 is 23.5 Å². The van der Waals surface area contributed by atoms with Gasteiger partial charge in [0.05, 0.1) is 42.5 Å². The number of ketones is 1. The van der Waals surface area contributed by atoms with Crippen LogP contribution in [0.25, 0.3) is 0 Å². The van der Waals surface area contributed by atoms with Gasteiger partial charge >= 0.3 is 11.3 Å². The van der Waals surface area contributed by atoms with Gasteiger partial charge in [-0.05, 0) is 76.7 Å². The van der Waals surface area contributed by atoms with E-state index < -0.39 is 34.4 Å². The highest BCUT2D eigenvalue weighted by Gasteiger charge is 2.41. The second kappa shape index (κ2) is 18.9. The molecule has 2 saturated carbocycles. The Morgan fingerprint density at radius 1 is 0.768 bits per heavy atom. The number of ether oxygens (including phenoxy) is 2. The predicted molar refractivity (Wildman–Crippen MR) is 220 cm³/mol. The zero-order chi connectivity index (χ0) is 40.6. The minimum absolute atomic E-state index is 0.141. The van der Waals surface area contributed by atoms with Crippen LogP contribution in [0.1, 0.15) is 117 Å². The third kappa shape index (κ3) is 12.0. The third-order valence-corrected chi connectivity index (χ3v) is 12.4. The van der Waals surface area contributed by atoms with Crippen LogP contribution in [-0.2, 0) is 14.4 Å². The Bertz CT molecular complexity index is 1830. The van der Waals surface area contributed by atoms with Crippen LogP contribution in [0.2, 0.25) is 0 Å². The lowest BCUT2D eigenvalue weighted by molar-refractivity contribution is -0.126. The van der Waals surface area contributed by atoms with Gasteiger partial charge in [-0.1, -0.05) is 33.3 Å². The number of nitrogens with zero attached hydrogens (tertiary/aromatic N) is 2. The SMILES string of the molecule is C=C(C)C1=N[C@](C)(C(=O)N[C@H](CCC)c2cc(OCC3CC3)cc(=O)o2)CS1.CCC[C@@H](NC(=O)[C@]1(C)CSC(C(C)=O)=N1)c1cc(OCC2CC2)cc(=O)o1. The number of Topliss-reactive ketones (excluding diaryl/α,β-unsaturated/α-hetero) is 1. The fourth-order valence-corrected chi connectivity index (χ4v) is 8.06. The smallest absolute Gasteiger partial charge is 0.339 e. The molecule has 4 atom stereocenters. The second-order valence-corrected chi connectivity index (χ2v) is 17.4. The first-order valence-corrected chi connectivity index (χ1v) is 21.4. The number of hydrogen-bond donors (Lipinski definition) is 2. The lowest BCUT2D eigenvalue weighted by atomic mass is 10.0. The van der Waals surface area contributed by atoms with E-state index in [1.807, 2.05) is 27.7 Å². The molecule has 0 bridgehead atoms. The van der Waals surface area contributed by atoms with E-state index in [0.29, 0.717) is 77.5 Å². The number of rotatable bonds is 18. The Hall–Kier alpha value is -4.11. The van der Waals surface area contributed by atoms with Gasteiger partial charge in [-0.25, -0.2) is 9.59 Å². The summed E-state index contributed by atoms with van der Waals surface area (Å²) >= 11 is 2.83.